The summed E-state index contributed by atoms with van der Waals surface area (Å²) in [7, 11) is 0. The molecule has 0 radical (unpaired) electrons. The van der Waals surface area contributed by atoms with Gasteiger partial charge in [0, 0.05) is 25.1 Å². The maximum Gasteiger partial charge on any atom is 0.303 e. The summed E-state index contributed by atoms with van der Waals surface area (Å²) in [4.78, 5) is 44.0. The number of carboxylic acid groups (broad SMARTS) is 1. The number of fused-ring (bicyclic) bond motifs is 1. The minimum absolute atomic E-state index is 0.0285. The number of para-hydroxylation sites is 1. The van der Waals surface area contributed by atoms with Gasteiger partial charge in [0.05, 0.1) is 30.2 Å². The minimum atomic E-state index is -1.05. The van der Waals surface area contributed by atoms with Gasteiger partial charge in [0.25, 0.3) is 0 Å². The predicted octanol–water partition coefficient (Wildman–Crippen LogP) is 5.10. The summed E-state index contributed by atoms with van der Waals surface area (Å²) in [6.45, 7) is -0.164. The zero-order valence-corrected chi connectivity index (χ0v) is 26.8. The Balaban J connectivity index is 1.41. The van der Waals surface area contributed by atoms with E-state index in [0.717, 1.165) is 11.1 Å². The van der Waals surface area contributed by atoms with Crippen molar-refractivity contribution in [1.29, 1.82) is 0 Å². The van der Waals surface area contributed by atoms with E-state index in [2.05, 4.69) is 4.98 Å². The maximum absolute atomic E-state index is 13.8. The van der Waals surface area contributed by atoms with E-state index in [1.165, 1.54) is 4.90 Å². The number of phenols is 1. The molecule has 10 heteroatoms. The van der Waals surface area contributed by atoms with Crippen LogP contribution in [0.3, 0.4) is 0 Å². The molecule has 1 aliphatic heterocycles. The Bertz CT molecular complexity index is 1640. The number of aromatic hydroxyl groups is 1. The van der Waals surface area contributed by atoms with Crippen molar-refractivity contribution in [2.24, 2.45) is 17.8 Å². The number of amides is 2. The number of hydrogen-bond acceptors (Lipinski definition) is 8. The molecule has 1 fully saturated rings. The lowest BCUT2D eigenvalue weighted by atomic mass is 9.68. The Kier molecular flexibility index (Phi) is 11.8. The van der Waals surface area contributed by atoms with Crippen LogP contribution in [0.4, 0.5) is 0 Å². The van der Waals surface area contributed by atoms with Gasteiger partial charge in [-0.1, -0.05) is 42.8 Å². The van der Waals surface area contributed by atoms with Gasteiger partial charge >= 0.3 is 5.97 Å². The highest BCUT2D eigenvalue weighted by Gasteiger charge is 2.54. The lowest BCUT2D eigenvalue weighted by molar-refractivity contribution is -0.141. The third-order valence-electron chi connectivity index (χ3n) is 9.15. The van der Waals surface area contributed by atoms with E-state index in [1.54, 1.807) is 24.4 Å². The summed E-state index contributed by atoms with van der Waals surface area (Å²) in [5.41, 5.74) is 3.53. The molecule has 3 aromatic rings. The second-order valence-corrected chi connectivity index (χ2v) is 12.4. The first-order valence-corrected chi connectivity index (χ1v) is 16.4. The van der Waals surface area contributed by atoms with Crippen molar-refractivity contribution in [1.82, 2.24) is 9.88 Å². The molecule has 2 heterocycles. The summed E-state index contributed by atoms with van der Waals surface area (Å²) in [5, 5.41) is 41.6. The Labute approximate surface area is 280 Å². The Morgan fingerprint density at radius 3 is 2.48 bits per heavy atom. The quantitative estimate of drug-likeness (QED) is 0.0937. The average Bonchev–Trinajstić information content (AvgIpc) is 3.33. The van der Waals surface area contributed by atoms with Crippen molar-refractivity contribution in [3.63, 3.8) is 0 Å². The summed E-state index contributed by atoms with van der Waals surface area (Å²) in [5.74, 6) is -3.10. The van der Waals surface area contributed by atoms with Gasteiger partial charge in [-0.25, -0.2) is 0 Å². The second-order valence-electron chi connectivity index (χ2n) is 12.4. The number of aliphatic hydroxyl groups excluding tert-OH is 2. The van der Waals surface area contributed by atoms with Crippen molar-refractivity contribution in [2.75, 3.05) is 19.8 Å². The number of benzene rings is 2. The number of aliphatic carboxylic acids is 1. The van der Waals surface area contributed by atoms with Crippen LogP contribution in [-0.4, -0.2) is 74.0 Å². The number of carbonyl (C=O) groups excluding carboxylic acids is 2. The zero-order chi connectivity index (χ0) is 34.0. The number of pyridine rings is 1. The highest BCUT2D eigenvalue weighted by atomic mass is 16.5. The number of imide groups is 1. The maximum atomic E-state index is 13.8. The third kappa shape index (κ3) is 8.37. The number of hydrogen-bond donors (Lipinski definition) is 4. The first kappa shape index (κ1) is 34.5. The molecule has 0 saturated carbocycles. The smallest absolute Gasteiger partial charge is 0.303 e. The van der Waals surface area contributed by atoms with Gasteiger partial charge in [-0.15, -0.1) is 0 Å². The number of rotatable bonds is 16. The van der Waals surface area contributed by atoms with E-state index < -0.39 is 36.4 Å². The topological polar surface area (TPSA) is 157 Å². The van der Waals surface area contributed by atoms with Crippen molar-refractivity contribution in [3.8, 4) is 11.5 Å². The largest absolute Gasteiger partial charge is 0.508 e. The third-order valence-corrected chi connectivity index (χ3v) is 9.15. The predicted molar refractivity (Wildman–Crippen MR) is 179 cm³/mol. The molecule has 0 bridgehead atoms. The number of phenolic OH excluding ortho intramolecular Hbond substituents is 1. The second kappa shape index (κ2) is 16.3. The number of carbonyl (C=O) groups is 3. The average molecular weight is 655 g/mol. The Morgan fingerprint density at radius 1 is 0.979 bits per heavy atom. The number of nitrogens with zero attached hydrogens (tertiary/aromatic N) is 2. The summed E-state index contributed by atoms with van der Waals surface area (Å²) in [6, 6.07) is 21.6. The van der Waals surface area contributed by atoms with Crippen LogP contribution in [0.1, 0.15) is 56.2 Å². The fourth-order valence-electron chi connectivity index (χ4n) is 6.88. The van der Waals surface area contributed by atoms with Crippen LogP contribution in [0, 0.1) is 17.8 Å². The molecular formula is C38H42N2O8. The number of likely N-dealkylation sites (tertiary alicyclic amines) is 1. The normalized spacial score (nSPS) is 20.2. The van der Waals surface area contributed by atoms with Gasteiger partial charge in [-0.3, -0.25) is 24.3 Å². The van der Waals surface area contributed by atoms with E-state index in [0.29, 0.717) is 48.3 Å². The number of carboxylic acids is 1. The zero-order valence-electron chi connectivity index (χ0n) is 26.8. The molecule has 4 atom stereocenters. The van der Waals surface area contributed by atoms with Crippen LogP contribution >= 0.6 is 0 Å². The fraction of sp³-hybridized carbons (Fsp3) is 0.368. The molecule has 2 amide bonds. The molecule has 2 aliphatic rings. The monoisotopic (exact) mass is 654 g/mol. The molecule has 10 nitrogen and oxygen atoms in total. The molecule has 0 unspecified atom stereocenters. The van der Waals surface area contributed by atoms with Crippen molar-refractivity contribution >= 4 is 29.4 Å². The van der Waals surface area contributed by atoms with E-state index in [-0.39, 0.29) is 50.0 Å². The van der Waals surface area contributed by atoms with E-state index in [1.807, 2.05) is 60.7 Å². The first-order chi connectivity index (χ1) is 23.3. The van der Waals surface area contributed by atoms with Gasteiger partial charge in [0.2, 0.25) is 11.8 Å². The molecule has 48 heavy (non-hydrogen) atoms. The molecule has 4 N–H and O–H groups in total. The number of ether oxygens (including phenoxy) is 1. The number of unbranched alkanes of at least 4 members (excludes halogenated alkanes) is 2. The van der Waals surface area contributed by atoms with Gasteiger partial charge < -0.3 is 25.2 Å². The van der Waals surface area contributed by atoms with Crippen LogP contribution in [0.15, 0.2) is 90.1 Å². The van der Waals surface area contributed by atoms with Crippen LogP contribution in [-0.2, 0) is 14.4 Å². The molecule has 2 aromatic carbocycles. The van der Waals surface area contributed by atoms with Crippen molar-refractivity contribution < 1.29 is 39.5 Å². The van der Waals surface area contributed by atoms with E-state index >= 15 is 0 Å². The van der Waals surface area contributed by atoms with Gasteiger partial charge in [0.15, 0.2) is 0 Å². The van der Waals surface area contributed by atoms with Gasteiger partial charge in [-0.05, 0) is 96.9 Å². The molecule has 1 aromatic heterocycles. The fourth-order valence-corrected chi connectivity index (χ4v) is 6.88. The number of aliphatic hydroxyl groups is 2. The number of aromatic nitrogens is 1. The van der Waals surface area contributed by atoms with Crippen LogP contribution in [0.5, 0.6) is 11.5 Å². The Hall–Kier alpha value is -4.80. The first-order valence-electron chi connectivity index (χ1n) is 16.4. The molecule has 252 valence electrons. The highest BCUT2D eigenvalue weighted by molar-refractivity contribution is 6.05. The van der Waals surface area contributed by atoms with Crippen molar-refractivity contribution in [3.05, 3.63) is 101 Å². The Morgan fingerprint density at radius 2 is 1.77 bits per heavy atom. The summed E-state index contributed by atoms with van der Waals surface area (Å²) < 4.78 is 6.10. The number of allylic oxidation sites excluding steroid dienone is 1. The lowest BCUT2D eigenvalue weighted by Crippen LogP contribution is -2.40. The van der Waals surface area contributed by atoms with Crippen molar-refractivity contribution in [2.45, 2.75) is 51.0 Å². The summed E-state index contributed by atoms with van der Waals surface area (Å²) >= 11 is 0. The molecule has 5 rings (SSSR count). The SMILES string of the molecule is O=C(O)CCCCCN1C(=O)[C@@H]2[C@@H](CC(COc3ccccc3)=C([C@H](O)CC/C(=C/c3cccc(O)c3)c3ccccn3)[C@@H]2CO)C1=O. The van der Waals surface area contributed by atoms with E-state index in [4.69, 9.17) is 9.84 Å². The lowest BCUT2D eigenvalue weighted by Gasteiger charge is -2.36. The molecule has 1 aliphatic carbocycles. The molecular weight excluding hydrogens is 612 g/mol. The van der Waals surface area contributed by atoms with E-state index in [9.17, 15) is 29.7 Å². The standard InChI is InChI=1S/C38H42N2O8/c41-23-31-35(33(43)17-16-26(32-14-6-7-18-39-32)20-25-10-9-11-28(42)21-25)27(24-48-29-12-3-1-4-13-29)22-30-36(31)38(47)40(37(30)46)19-8-2-5-15-34(44)45/h1,3-4,6-7,9-14,18,20-21,30-31,33,36,41-43H,2,5,8,15-17,19,22-24H2,(H,44,45)/b26-20-/t30-,31+,33-,36-/m1/s1. The van der Waals surface area contributed by atoms with Crippen LogP contribution < -0.4 is 4.74 Å². The minimum Gasteiger partial charge on any atom is -0.508 e. The van der Waals surface area contributed by atoms with Gasteiger partial charge in [0.1, 0.15) is 18.1 Å². The highest BCUT2D eigenvalue weighted by Crippen LogP contribution is 2.46. The molecule has 0 spiro atoms. The molecule has 1 saturated heterocycles. The summed E-state index contributed by atoms with van der Waals surface area (Å²) in [6.07, 6.45) is 4.94. The van der Waals surface area contributed by atoms with Crippen LogP contribution in [0.2, 0.25) is 0 Å². The van der Waals surface area contributed by atoms with Crippen LogP contribution in [0.25, 0.3) is 11.6 Å². The van der Waals surface area contributed by atoms with Gasteiger partial charge in [-0.2, -0.15) is 0 Å².